The van der Waals surface area contributed by atoms with Crippen molar-refractivity contribution in [1.82, 2.24) is 4.31 Å². The third kappa shape index (κ3) is 3.59. The summed E-state index contributed by atoms with van der Waals surface area (Å²) in [7, 11) is -3.94. The normalized spacial score (nSPS) is 17.3. The van der Waals surface area contributed by atoms with Crippen molar-refractivity contribution in [2.24, 2.45) is 0 Å². The first kappa shape index (κ1) is 16.3. The minimum absolute atomic E-state index is 0.0357. The second-order valence-corrected chi connectivity index (χ2v) is 7.10. The molecule has 118 valence electrons. The third-order valence-corrected chi connectivity index (χ3v) is 5.75. The van der Waals surface area contributed by atoms with Gasteiger partial charge in [0, 0.05) is 12.6 Å². The van der Waals surface area contributed by atoms with E-state index in [0.29, 0.717) is 6.07 Å². The highest BCUT2D eigenvalue weighted by atomic mass is 32.2. The average molecular weight is 319 g/mol. The van der Waals surface area contributed by atoms with E-state index in [1.807, 2.05) is 0 Å². The van der Waals surface area contributed by atoms with Crippen molar-refractivity contribution in [2.45, 2.75) is 43.0 Å². The van der Waals surface area contributed by atoms with E-state index >= 15 is 0 Å². The zero-order chi connectivity index (χ0) is 15.5. The van der Waals surface area contributed by atoms with Crippen molar-refractivity contribution >= 4 is 10.0 Å². The summed E-state index contributed by atoms with van der Waals surface area (Å²) in [5.41, 5.74) is 0. The lowest BCUT2D eigenvalue weighted by atomic mass is 9.95. The minimum atomic E-state index is -3.94. The molecule has 0 aliphatic heterocycles. The van der Waals surface area contributed by atoms with E-state index in [1.165, 1.54) is 4.31 Å². The van der Waals surface area contributed by atoms with Crippen LogP contribution < -0.4 is 0 Å². The van der Waals surface area contributed by atoms with Crippen LogP contribution >= 0.6 is 0 Å². The molecule has 1 aliphatic carbocycles. The Morgan fingerprint density at radius 3 is 2.38 bits per heavy atom. The maximum atomic E-state index is 13.3. The predicted octanol–water partition coefficient (Wildman–Crippen LogP) is 2.28. The van der Waals surface area contributed by atoms with Crippen LogP contribution in [0.2, 0.25) is 0 Å². The van der Waals surface area contributed by atoms with Gasteiger partial charge in [0.05, 0.1) is 11.5 Å². The van der Waals surface area contributed by atoms with Crippen molar-refractivity contribution in [2.75, 3.05) is 13.2 Å². The van der Waals surface area contributed by atoms with Gasteiger partial charge in [-0.15, -0.1) is 0 Å². The van der Waals surface area contributed by atoms with Crippen LogP contribution in [0.1, 0.15) is 32.1 Å². The number of rotatable bonds is 5. The molecule has 1 fully saturated rings. The summed E-state index contributed by atoms with van der Waals surface area (Å²) < 4.78 is 52.7. The zero-order valence-electron chi connectivity index (χ0n) is 11.6. The topological polar surface area (TPSA) is 57.6 Å². The zero-order valence-corrected chi connectivity index (χ0v) is 12.5. The summed E-state index contributed by atoms with van der Waals surface area (Å²) in [6.45, 7) is -0.342. The van der Waals surface area contributed by atoms with Gasteiger partial charge < -0.3 is 5.11 Å². The fourth-order valence-corrected chi connectivity index (χ4v) is 4.43. The molecule has 1 aromatic rings. The highest BCUT2D eigenvalue weighted by Gasteiger charge is 2.32. The molecule has 0 spiro atoms. The molecule has 0 atom stereocenters. The van der Waals surface area contributed by atoms with Gasteiger partial charge in [0.15, 0.2) is 11.6 Å². The van der Waals surface area contributed by atoms with Crippen molar-refractivity contribution in [3.05, 3.63) is 29.8 Å². The van der Waals surface area contributed by atoms with E-state index in [1.54, 1.807) is 0 Å². The maximum absolute atomic E-state index is 13.3. The fourth-order valence-electron chi connectivity index (χ4n) is 2.74. The van der Waals surface area contributed by atoms with Gasteiger partial charge in [0.2, 0.25) is 10.0 Å². The predicted molar refractivity (Wildman–Crippen MR) is 74.2 cm³/mol. The summed E-state index contributed by atoms with van der Waals surface area (Å²) in [6.07, 6.45) is 4.38. The van der Waals surface area contributed by atoms with Crippen LogP contribution in [0, 0.1) is 11.6 Å². The Labute approximate surface area is 123 Å². The lowest BCUT2D eigenvalue weighted by molar-refractivity contribution is 0.199. The number of nitrogens with zero attached hydrogens (tertiary/aromatic N) is 1. The van der Waals surface area contributed by atoms with Crippen LogP contribution in [0.4, 0.5) is 8.78 Å². The summed E-state index contributed by atoms with van der Waals surface area (Å²) in [5.74, 6) is -2.27. The highest BCUT2D eigenvalue weighted by Crippen LogP contribution is 2.28. The van der Waals surface area contributed by atoms with Gasteiger partial charge in [-0.25, -0.2) is 17.2 Å². The van der Waals surface area contributed by atoms with Gasteiger partial charge in [-0.2, -0.15) is 4.31 Å². The Bertz CT molecular complexity index is 586. The molecule has 7 heteroatoms. The Hall–Kier alpha value is -1.05. The van der Waals surface area contributed by atoms with Crippen LogP contribution in [-0.4, -0.2) is 37.0 Å². The fraction of sp³-hybridized carbons (Fsp3) is 0.571. The molecule has 1 aromatic carbocycles. The first-order chi connectivity index (χ1) is 9.96. The van der Waals surface area contributed by atoms with Crippen LogP contribution in [-0.2, 0) is 10.0 Å². The molecule has 2 rings (SSSR count). The van der Waals surface area contributed by atoms with E-state index in [2.05, 4.69) is 0 Å². The van der Waals surface area contributed by atoms with Crippen molar-refractivity contribution < 1.29 is 22.3 Å². The highest BCUT2D eigenvalue weighted by molar-refractivity contribution is 7.89. The molecule has 0 heterocycles. The number of hydrogen-bond donors (Lipinski definition) is 1. The molecule has 0 amide bonds. The number of aliphatic hydroxyl groups is 1. The van der Waals surface area contributed by atoms with E-state index in [0.717, 1.165) is 44.2 Å². The summed E-state index contributed by atoms with van der Waals surface area (Å²) in [4.78, 5) is -0.277. The van der Waals surface area contributed by atoms with E-state index in [-0.39, 0.29) is 24.1 Å². The van der Waals surface area contributed by atoms with Crippen LogP contribution in [0.5, 0.6) is 0 Å². The lowest BCUT2D eigenvalue weighted by Crippen LogP contribution is -2.43. The molecule has 0 radical (unpaired) electrons. The van der Waals surface area contributed by atoms with Crippen LogP contribution in [0.15, 0.2) is 23.1 Å². The molecule has 1 saturated carbocycles. The molecule has 0 unspecified atom stereocenters. The maximum Gasteiger partial charge on any atom is 0.243 e. The number of sulfonamides is 1. The molecular formula is C14H19F2NO3S. The van der Waals surface area contributed by atoms with Gasteiger partial charge in [-0.05, 0) is 31.0 Å². The molecular weight excluding hydrogens is 300 g/mol. The van der Waals surface area contributed by atoms with E-state index in [4.69, 9.17) is 5.11 Å². The first-order valence-corrected chi connectivity index (χ1v) is 8.48. The molecule has 0 saturated heterocycles. The Kier molecular flexibility index (Phi) is 5.29. The van der Waals surface area contributed by atoms with Gasteiger partial charge in [0.25, 0.3) is 0 Å². The van der Waals surface area contributed by atoms with Crippen molar-refractivity contribution in [3.8, 4) is 0 Å². The monoisotopic (exact) mass is 319 g/mol. The SMILES string of the molecule is O=S(=O)(c1ccc(F)c(F)c1)N(CCO)C1CCCCC1. The average Bonchev–Trinajstić information content (AvgIpc) is 2.48. The molecule has 0 aromatic heterocycles. The van der Waals surface area contributed by atoms with Crippen molar-refractivity contribution in [1.29, 1.82) is 0 Å². The van der Waals surface area contributed by atoms with Crippen molar-refractivity contribution in [3.63, 3.8) is 0 Å². The van der Waals surface area contributed by atoms with E-state index in [9.17, 15) is 17.2 Å². The Balaban J connectivity index is 2.34. The van der Waals surface area contributed by atoms with Gasteiger partial charge in [-0.1, -0.05) is 19.3 Å². The van der Waals surface area contributed by atoms with Gasteiger partial charge in [-0.3, -0.25) is 0 Å². The Morgan fingerprint density at radius 2 is 1.81 bits per heavy atom. The molecule has 0 bridgehead atoms. The second kappa shape index (κ2) is 6.81. The van der Waals surface area contributed by atoms with Gasteiger partial charge >= 0.3 is 0 Å². The molecule has 1 aliphatic rings. The number of benzene rings is 1. The smallest absolute Gasteiger partial charge is 0.243 e. The summed E-state index contributed by atoms with van der Waals surface area (Å²) >= 11 is 0. The number of halogens is 2. The molecule has 4 nitrogen and oxygen atoms in total. The van der Waals surface area contributed by atoms with E-state index < -0.39 is 21.7 Å². The first-order valence-electron chi connectivity index (χ1n) is 7.04. The largest absolute Gasteiger partial charge is 0.395 e. The lowest BCUT2D eigenvalue weighted by Gasteiger charge is -2.33. The van der Waals surface area contributed by atoms with Crippen LogP contribution in [0.3, 0.4) is 0 Å². The van der Waals surface area contributed by atoms with Crippen LogP contribution in [0.25, 0.3) is 0 Å². The number of hydrogen-bond acceptors (Lipinski definition) is 3. The van der Waals surface area contributed by atoms with Gasteiger partial charge in [0.1, 0.15) is 0 Å². The molecule has 1 N–H and O–H groups in total. The third-order valence-electron chi connectivity index (χ3n) is 3.80. The number of aliphatic hydroxyl groups excluding tert-OH is 1. The molecule has 21 heavy (non-hydrogen) atoms. The standard InChI is InChI=1S/C14H19F2NO3S/c15-13-7-6-12(10-14(13)16)21(19,20)17(8-9-18)11-4-2-1-3-5-11/h6-7,10-11,18H,1-5,8-9H2. The quantitative estimate of drug-likeness (QED) is 0.906. The Morgan fingerprint density at radius 1 is 1.14 bits per heavy atom. The second-order valence-electron chi connectivity index (χ2n) is 5.21. The minimum Gasteiger partial charge on any atom is -0.395 e. The summed E-state index contributed by atoms with van der Waals surface area (Å²) in [5, 5.41) is 9.14. The summed E-state index contributed by atoms with van der Waals surface area (Å²) in [6, 6.07) is 2.36.